The second kappa shape index (κ2) is 11.1. The molecule has 23 heavy (non-hydrogen) atoms. The Labute approximate surface area is 152 Å². The second-order valence-corrected chi connectivity index (χ2v) is 6.29. The predicted molar refractivity (Wildman–Crippen MR) is 100 cm³/mol. The van der Waals surface area contributed by atoms with E-state index in [2.05, 4.69) is 42.8 Å². The van der Waals surface area contributed by atoms with E-state index >= 15 is 0 Å². The Hall–Kier alpha value is -0.520. The zero-order valence-electron chi connectivity index (χ0n) is 14.3. The minimum absolute atomic E-state index is 0. The van der Waals surface area contributed by atoms with Gasteiger partial charge in [-0.3, -0.25) is 4.90 Å². The molecule has 0 spiro atoms. The first-order valence-corrected chi connectivity index (χ1v) is 7.86. The van der Waals surface area contributed by atoms with Crippen LogP contribution in [0.25, 0.3) is 0 Å². The molecule has 1 atom stereocenters. The lowest BCUT2D eigenvalue weighted by Crippen LogP contribution is -2.47. The quantitative estimate of drug-likeness (QED) is 0.841. The van der Waals surface area contributed by atoms with E-state index in [1.165, 1.54) is 5.56 Å². The minimum atomic E-state index is -0.432. The second-order valence-electron chi connectivity index (χ2n) is 6.29. The van der Waals surface area contributed by atoms with Gasteiger partial charge in [0, 0.05) is 32.7 Å². The van der Waals surface area contributed by atoms with Crippen LogP contribution in [0.4, 0.5) is 0 Å². The molecule has 0 radical (unpaired) electrons. The van der Waals surface area contributed by atoms with Crippen LogP contribution in [-0.2, 0) is 0 Å². The highest BCUT2D eigenvalue weighted by molar-refractivity contribution is 5.85. The summed E-state index contributed by atoms with van der Waals surface area (Å²) in [5.41, 5.74) is 1.31. The molecule has 1 fully saturated rings. The van der Waals surface area contributed by atoms with Crippen molar-refractivity contribution in [3.63, 3.8) is 0 Å². The first-order chi connectivity index (χ1) is 10.0. The Kier molecular flexibility index (Phi) is 10.9. The summed E-state index contributed by atoms with van der Waals surface area (Å²) >= 11 is 0. The smallest absolute Gasteiger partial charge is 0.119 e. The highest BCUT2D eigenvalue weighted by Crippen LogP contribution is 2.18. The normalized spacial score (nSPS) is 17.3. The van der Waals surface area contributed by atoms with Crippen molar-refractivity contribution in [2.75, 3.05) is 46.4 Å². The molecule has 1 aromatic rings. The molecule has 1 aliphatic rings. The summed E-state index contributed by atoms with van der Waals surface area (Å²) in [7, 11) is 2.14. The van der Waals surface area contributed by atoms with Gasteiger partial charge in [0.25, 0.3) is 0 Å². The lowest BCUT2D eigenvalue weighted by Gasteiger charge is -2.33. The molecular formula is C17H30Cl2N2O2. The number of aliphatic hydroxyl groups is 1. The largest absolute Gasteiger partial charge is 0.491 e. The number of ether oxygens (including phenoxy) is 1. The highest BCUT2D eigenvalue weighted by atomic mass is 35.5. The number of aliphatic hydroxyl groups excluding tert-OH is 1. The van der Waals surface area contributed by atoms with E-state index in [1.807, 2.05) is 12.1 Å². The van der Waals surface area contributed by atoms with E-state index in [9.17, 15) is 5.11 Å². The lowest BCUT2D eigenvalue weighted by molar-refractivity contribution is 0.0505. The van der Waals surface area contributed by atoms with E-state index in [0.29, 0.717) is 19.1 Å². The van der Waals surface area contributed by atoms with Gasteiger partial charge in [-0.15, -0.1) is 24.8 Å². The lowest BCUT2D eigenvalue weighted by atomic mass is 10.0. The fourth-order valence-electron chi connectivity index (χ4n) is 2.52. The van der Waals surface area contributed by atoms with Gasteiger partial charge in [-0.2, -0.15) is 0 Å². The molecule has 0 bridgehead atoms. The Morgan fingerprint density at radius 2 is 1.61 bits per heavy atom. The van der Waals surface area contributed by atoms with Crippen molar-refractivity contribution in [3.8, 4) is 5.75 Å². The Bertz CT molecular complexity index is 421. The van der Waals surface area contributed by atoms with E-state index in [-0.39, 0.29) is 24.8 Å². The number of hydrogen-bond acceptors (Lipinski definition) is 4. The van der Waals surface area contributed by atoms with Gasteiger partial charge in [0.2, 0.25) is 0 Å². The van der Waals surface area contributed by atoms with Crippen molar-refractivity contribution in [2.24, 2.45) is 0 Å². The van der Waals surface area contributed by atoms with Crippen molar-refractivity contribution in [1.29, 1.82) is 0 Å². The molecule has 1 unspecified atom stereocenters. The number of nitrogens with zero attached hydrogens (tertiary/aromatic N) is 2. The van der Waals surface area contributed by atoms with E-state index < -0.39 is 6.10 Å². The van der Waals surface area contributed by atoms with Crippen LogP contribution in [0.3, 0.4) is 0 Å². The first-order valence-electron chi connectivity index (χ1n) is 7.86. The molecule has 1 aliphatic heterocycles. The Morgan fingerprint density at radius 3 is 2.13 bits per heavy atom. The van der Waals surface area contributed by atoms with E-state index in [1.54, 1.807) is 0 Å². The summed E-state index contributed by atoms with van der Waals surface area (Å²) in [6.07, 6.45) is -0.432. The maximum Gasteiger partial charge on any atom is 0.119 e. The van der Waals surface area contributed by atoms with Crippen LogP contribution < -0.4 is 4.74 Å². The number of benzene rings is 1. The molecule has 1 N–H and O–H groups in total. The fourth-order valence-corrected chi connectivity index (χ4v) is 2.52. The summed E-state index contributed by atoms with van der Waals surface area (Å²) in [4.78, 5) is 4.62. The van der Waals surface area contributed by atoms with Gasteiger partial charge in [-0.05, 0) is 30.7 Å². The third kappa shape index (κ3) is 7.73. The van der Waals surface area contributed by atoms with Gasteiger partial charge < -0.3 is 14.7 Å². The van der Waals surface area contributed by atoms with Crippen LogP contribution in [0, 0.1) is 0 Å². The highest BCUT2D eigenvalue weighted by Gasteiger charge is 2.17. The van der Waals surface area contributed by atoms with Gasteiger partial charge >= 0.3 is 0 Å². The van der Waals surface area contributed by atoms with Gasteiger partial charge in [-0.1, -0.05) is 26.0 Å². The summed E-state index contributed by atoms with van der Waals surface area (Å²) in [6, 6.07) is 8.15. The maximum absolute atomic E-state index is 10.1. The molecule has 1 heterocycles. The van der Waals surface area contributed by atoms with Crippen molar-refractivity contribution in [1.82, 2.24) is 9.80 Å². The van der Waals surface area contributed by atoms with Gasteiger partial charge in [0.1, 0.15) is 18.5 Å². The fraction of sp³-hybridized carbons (Fsp3) is 0.647. The van der Waals surface area contributed by atoms with Gasteiger partial charge in [0.15, 0.2) is 0 Å². The molecule has 1 aromatic carbocycles. The number of likely N-dealkylation sites (N-methyl/N-ethyl adjacent to an activating group) is 1. The molecule has 6 heteroatoms. The zero-order chi connectivity index (χ0) is 15.2. The van der Waals surface area contributed by atoms with Crippen molar-refractivity contribution in [3.05, 3.63) is 29.8 Å². The van der Waals surface area contributed by atoms with Crippen LogP contribution in [0.5, 0.6) is 5.75 Å². The van der Waals surface area contributed by atoms with Crippen molar-refractivity contribution in [2.45, 2.75) is 25.9 Å². The molecular weight excluding hydrogens is 335 g/mol. The predicted octanol–water partition coefficient (Wildman–Crippen LogP) is 2.64. The Balaban J connectivity index is 0.00000242. The third-order valence-electron chi connectivity index (χ3n) is 4.05. The van der Waals surface area contributed by atoms with Gasteiger partial charge in [-0.25, -0.2) is 0 Å². The zero-order valence-corrected chi connectivity index (χ0v) is 15.9. The topological polar surface area (TPSA) is 35.9 Å². The van der Waals surface area contributed by atoms with Gasteiger partial charge in [0.05, 0.1) is 0 Å². The SMILES string of the molecule is CC(C)c1ccc(OCC(O)CN2CCN(C)CC2)cc1.Cl.Cl. The standard InChI is InChI=1S/C17H28N2O2.2ClH/c1-14(2)15-4-6-17(7-5-15)21-13-16(20)12-19-10-8-18(3)9-11-19;;/h4-7,14,16,20H,8-13H2,1-3H3;2*1H. The average molecular weight is 365 g/mol. The maximum atomic E-state index is 10.1. The molecule has 2 rings (SSSR count). The number of rotatable bonds is 6. The monoisotopic (exact) mass is 364 g/mol. The van der Waals surface area contributed by atoms with Crippen molar-refractivity contribution >= 4 is 24.8 Å². The Morgan fingerprint density at radius 1 is 1.04 bits per heavy atom. The molecule has 0 aromatic heterocycles. The summed E-state index contributed by atoms with van der Waals surface area (Å²) < 4.78 is 5.68. The average Bonchev–Trinajstić information content (AvgIpc) is 2.48. The summed E-state index contributed by atoms with van der Waals surface area (Å²) in [5.74, 6) is 1.36. The van der Waals surface area contributed by atoms with E-state index in [4.69, 9.17) is 4.74 Å². The summed E-state index contributed by atoms with van der Waals surface area (Å²) in [6.45, 7) is 9.60. The molecule has 1 saturated heterocycles. The summed E-state index contributed by atoms with van der Waals surface area (Å²) in [5, 5.41) is 10.1. The van der Waals surface area contributed by atoms with Crippen LogP contribution in [0.15, 0.2) is 24.3 Å². The molecule has 0 aliphatic carbocycles. The molecule has 4 nitrogen and oxygen atoms in total. The number of β-amino-alcohol motifs (C(OH)–C–C–N with tert-alkyl or cyclic N) is 1. The molecule has 0 amide bonds. The van der Waals surface area contributed by atoms with Crippen molar-refractivity contribution < 1.29 is 9.84 Å². The molecule has 0 saturated carbocycles. The van der Waals surface area contributed by atoms with Crippen LogP contribution in [0.2, 0.25) is 0 Å². The van der Waals surface area contributed by atoms with E-state index in [0.717, 1.165) is 31.9 Å². The first kappa shape index (κ1) is 22.5. The van der Waals surface area contributed by atoms with Crippen LogP contribution in [-0.4, -0.2) is 67.4 Å². The number of halogens is 2. The number of hydrogen-bond donors (Lipinski definition) is 1. The minimum Gasteiger partial charge on any atom is -0.491 e. The molecule has 134 valence electrons. The van der Waals surface area contributed by atoms with Crippen LogP contribution >= 0.6 is 24.8 Å². The third-order valence-corrected chi connectivity index (χ3v) is 4.05. The van der Waals surface area contributed by atoms with Crippen LogP contribution in [0.1, 0.15) is 25.3 Å². The number of piperazine rings is 1.